The van der Waals surface area contributed by atoms with Gasteiger partial charge in [-0.05, 0) is 30.5 Å². The van der Waals surface area contributed by atoms with Gasteiger partial charge in [0.05, 0.1) is 12.4 Å². The maximum absolute atomic E-state index is 12.0. The van der Waals surface area contributed by atoms with Gasteiger partial charge in [0.1, 0.15) is 5.75 Å². The Morgan fingerprint density at radius 3 is 2.48 bits per heavy atom. The number of aryl methyl sites for hydroxylation is 1. The smallest absolute Gasteiger partial charge is 0.220 e. The highest BCUT2D eigenvalue weighted by atomic mass is 32.2. The minimum atomic E-state index is -3.43. The molecule has 6 nitrogen and oxygen atoms in total. The van der Waals surface area contributed by atoms with E-state index in [4.69, 9.17) is 4.74 Å². The number of sulfonamides is 1. The minimum Gasteiger partial charge on any atom is -0.493 e. The zero-order valence-electron chi connectivity index (χ0n) is 15.5. The second-order valence-corrected chi connectivity index (χ2v) is 8.12. The van der Waals surface area contributed by atoms with E-state index in [0.717, 1.165) is 16.9 Å². The molecule has 0 heterocycles. The lowest BCUT2D eigenvalue weighted by molar-refractivity contribution is -0.121. The molecule has 2 rings (SSSR count). The number of amides is 1. The van der Waals surface area contributed by atoms with Gasteiger partial charge in [-0.1, -0.05) is 48.5 Å². The number of carbonyl (C=O) groups excluding carboxylic acids is 1. The Balaban J connectivity index is 1.59. The summed E-state index contributed by atoms with van der Waals surface area (Å²) < 4.78 is 32.1. The van der Waals surface area contributed by atoms with Gasteiger partial charge in [-0.2, -0.15) is 0 Å². The number of rotatable bonds is 11. The van der Waals surface area contributed by atoms with Crippen LogP contribution in [0.2, 0.25) is 0 Å². The molecule has 0 aromatic heterocycles. The third kappa shape index (κ3) is 8.23. The molecule has 0 saturated heterocycles. The SMILES string of the molecule is Cc1ccccc1OCCCC(=O)NCCS(=O)(=O)NCc1ccccc1. The maximum Gasteiger partial charge on any atom is 0.220 e. The Kier molecular flexibility index (Phi) is 8.29. The van der Waals surface area contributed by atoms with E-state index in [-0.39, 0.29) is 24.7 Å². The molecule has 0 unspecified atom stereocenters. The first-order valence-electron chi connectivity index (χ1n) is 8.93. The van der Waals surface area contributed by atoms with Crippen molar-refractivity contribution in [1.82, 2.24) is 10.0 Å². The second kappa shape index (κ2) is 10.7. The number of hydrogen-bond donors (Lipinski definition) is 2. The molecule has 0 atom stereocenters. The van der Waals surface area contributed by atoms with Crippen molar-refractivity contribution in [3.8, 4) is 5.75 Å². The maximum atomic E-state index is 12.0. The zero-order valence-corrected chi connectivity index (χ0v) is 16.3. The lowest BCUT2D eigenvalue weighted by atomic mass is 10.2. The quantitative estimate of drug-likeness (QED) is 0.577. The average molecular weight is 391 g/mol. The number of para-hydroxylation sites is 1. The zero-order chi connectivity index (χ0) is 19.5. The first kappa shape index (κ1) is 20.9. The number of nitrogens with one attached hydrogen (secondary N) is 2. The molecule has 0 aliphatic rings. The van der Waals surface area contributed by atoms with Crippen molar-refractivity contribution in [2.24, 2.45) is 0 Å². The van der Waals surface area contributed by atoms with Crippen molar-refractivity contribution >= 4 is 15.9 Å². The summed E-state index contributed by atoms with van der Waals surface area (Å²) in [6.07, 6.45) is 0.864. The molecule has 0 aliphatic heterocycles. The molecule has 0 aliphatic carbocycles. The van der Waals surface area contributed by atoms with E-state index >= 15 is 0 Å². The van der Waals surface area contributed by atoms with Gasteiger partial charge in [0, 0.05) is 19.5 Å². The first-order chi connectivity index (χ1) is 13.0. The molecule has 0 radical (unpaired) electrons. The topological polar surface area (TPSA) is 84.5 Å². The molecule has 146 valence electrons. The highest BCUT2D eigenvalue weighted by Crippen LogP contribution is 2.16. The molecule has 1 amide bonds. The first-order valence-corrected chi connectivity index (χ1v) is 10.6. The molecule has 27 heavy (non-hydrogen) atoms. The number of benzene rings is 2. The normalized spacial score (nSPS) is 11.1. The van der Waals surface area contributed by atoms with Crippen LogP contribution in [0.3, 0.4) is 0 Å². The average Bonchev–Trinajstić information content (AvgIpc) is 2.66. The van der Waals surface area contributed by atoms with Crippen LogP contribution in [-0.2, 0) is 21.4 Å². The van der Waals surface area contributed by atoms with Gasteiger partial charge in [0.25, 0.3) is 0 Å². The van der Waals surface area contributed by atoms with E-state index in [1.165, 1.54) is 0 Å². The largest absolute Gasteiger partial charge is 0.493 e. The van der Waals surface area contributed by atoms with Gasteiger partial charge in [-0.15, -0.1) is 0 Å². The van der Waals surface area contributed by atoms with Crippen LogP contribution in [-0.4, -0.2) is 33.2 Å². The summed E-state index contributed by atoms with van der Waals surface area (Å²) in [6, 6.07) is 17.0. The van der Waals surface area contributed by atoms with Crippen LogP contribution in [0.5, 0.6) is 5.75 Å². The third-order valence-electron chi connectivity index (χ3n) is 3.93. The number of ether oxygens (including phenoxy) is 1. The van der Waals surface area contributed by atoms with E-state index in [0.29, 0.717) is 19.4 Å². The van der Waals surface area contributed by atoms with Gasteiger partial charge in [-0.25, -0.2) is 13.1 Å². The van der Waals surface area contributed by atoms with Crippen LogP contribution in [0.4, 0.5) is 0 Å². The molecular formula is C20H26N2O4S. The predicted octanol–water partition coefficient (Wildman–Crippen LogP) is 2.39. The molecular weight excluding hydrogens is 364 g/mol. The molecule has 2 aromatic rings. The monoisotopic (exact) mass is 390 g/mol. The van der Waals surface area contributed by atoms with Crippen LogP contribution in [0.25, 0.3) is 0 Å². The van der Waals surface area contributed by atoms with Gasteiger partial charge in [-0.3, -0.25) is 4.79 Å². The summed E-state index contributed by atoms with van der Waals surface area (Å²) in [5.74, 6) is 0.487. The Hall–Kier alpha value is -2.38. The van der Waals surface area contributed by atoms with Crippen LogP contribution < -0.4 is 14.8 Å². The summed E-state index contributed by atoms with van der Waals surface area (Å²) in [5.41, 5.74) is 1.94. The Bertz CT molecular complexity index is 823. The Labute approximate surface area is 161 Å². The third-order valence-corrected chi connectivity index (χ3v) is 5.26. The van der Waals surface area contributed by atoms with Crippen molar-refractivity contribution in [1.29, 1.82) is 0 Å². The van der Waals surface area contributed by atoms with Crippen molar-refractivity contribution in [3.63, 3.8) is 0 Å². The van der Waals surface area contributed by atoms with Gasteiger partial charge < -0.3 is 10.1 Å². The lowest BCUT2D eigenvalue weighted by Gasteiger charge is -2.09. The van der Waals surface area contributed by atoms with Crippen molar-refractivity contribution < 1.29 is 17.9 Å². The fraction of sp³-hybridized carbons (Fsp3) is 0.350. The minimum absolute atomic E-state index is 0.0849. The van der Waals surface area contributed by atoms with E-state index in [1.807, 2.05) is 61.5 Å². The summed E-state index contributed by atoms with van der Waals surface area (Å²) in [6.45, 7) is 2.73. The molecule has 0 spiro atoms. The van der Waals surface area contributed by atoms with Crippen molar-refractivity contribution in [2.75, 3.05) is 18.9 Å². The summed E-state index contributed by atoms with van der Waals surface area (Å²) >= 11 is 0. The highest BCUT2D eigenvalue weighted by Gasteiger charge is 2.11. The molecule has 0 saturated carbocycles. The lowest BCUT2D eigenvalue weighted by Crippen LogP contribution is -2.34. The fourth-order valence-corrected chi connectivity index (χ4v) is 3.31. The van der Waals surface area contributed by atoms with Crippen molar-refractivity contribution in [3.05, 3.63) is 65.7 Å². The van der Waals surface area contributed by atoms with Crippen LogP contribution >= 0.6 is 0 Å². The molecule has 7 heteroatoms. The van der Waals surface area contributed by atoms with Crippen LogP contribution in [0.15, 0.2) is 54.6 Å². The van der Waals surface area contributed by atoms with Crippen LogP contribution in [0.1, 0.15) is 24.0 Å². The number of carbonyl (C=O) groups is 1. The predicted molar refractivity (Wildman–Crippen MR) is 106 cm³/mol. The second-order valence-electron chi connectivity index (χ2n) is 6.19. The van der Waals surface area contributed by atoms with Crippen molar-refractivity contribution in [2.45, 2.75) is 26.3 Å². The van der Waals surface area contributed by atoms with E-state index in [9.17, 15) is 13.2 Å². The van der Waals surface area contributed by atoms with Gasteiger partial charge >= 0.3 is 0 Å². The molecule has 2 aromatic carbocycles. The molecule has 0 bridgehead atoms. The summed E-state index contributed by atoms with van der Waals surface area (Å²) in [4.78, 5) is 11.8. The summed E-state index contributed by atoms with van der Waals surface area (Å²) in [7, 11) is -3.43. The summed E-state index contributed by atoms with van der Waals surface area (Å²) in [5, 5.41) is 2.63. The molecule has 2 N–H and O–H groups in total. The van der Waals surface area contributed by atoms with Crippen LogP contribution in [0, 0.1) is 6.92 Å². The number of hydrogen-bond acceptors (Lipinski definition) is 4. The van der Waals surface area contributed by atoms with E-state index in [1.54, 1.807) is 0 Å². The van der Waals surface area contributed by atoms with Gasteiger partial charge in [0.15, 0.2) is 0 Å². The van der Waals surface area contributed by atoms with E-state index in [2.05, 4.69) is 10.0 Å². The van der Waals surface area contributed by atoms with Gasteiger partial charge in [0.2, 0.25) is 15.9 Å². The Morgan fingerprint density at radius 1 is 1.04 bits per heavy atom. The van der Waals surface area contributed by atoms with E-state index < -0.39 is 10.0 Å². The fourth-order valence-electron chi connectivity index (χ4n) is 2.41. The highest BCUT2D eigenvalue weighted by molar-refractivity contribution is 7.89. The standard InChI is InChI=1S/C20H26N2O4S/c1-17-8-5-6-11-19(17)26-14-7-12-20(23)21-13-15-27(24,25)22-16-18-9-3-2-4-10-18/h2-6,8-11,22H,7,12-16H2,1H3,(H,21,23). The molecule has 0 fully saturated rings. The Morgan fingerprint density at radius 2 is 1.74 bits per heavy atom.